The summed E-state index contributed by atoms with van der Waals surface area (Å²) in [7, 11) is 0. The van der Waals surface area contributed by atoms with Crippen molar-refractivity contribution in [3.8, 4) is 5.75 Å². The third kappa shape index (κ3) is 3.88. The zero-order valence-corrected chi connectivity index (χ0v) is 16.8. The fourth-order valence-corrected chi connectivity index (χ4v) is 5.44. The van der Waals surface area contributed by atoms with Crippen molar-refractivity contribution >= 4 is 45.2 Å². The van der Waals surface area contributed by atoms with Crippen LogP contribution in [-0.2, 0) is 4.74 Å². The smallest absolute Gasteiger partial charge is 0.133 e. The third-order valence-electron chi connectivity index (χ3n) is 4.63. The number of ether oxygens (including phenoxy) is 1. The molecule has 0 aliphatic carbocycles. The lowest BCUT2D eigenvalue weighted by atomic mass is 9.85. The highest BCUT2D eigenvalue weighted by atomic mass is 127. The first-order chi connectivity index (χ1) is 10.7. The van der Waals surface area contributed by atoms with Gasteiger partial charge in [0.1, 0.15) is 5.75 Å². The topological polar surface area (TPSA) is 44.7 Å². The fraction of sp³-hybridized carbons (Fsp3) is 0.625. The molecule has 0 amide bonds. The van der Waals surface area contributed by atoms with Crippen LogP contribution in [0.5, 0.6) is 5.75 Å². The van der Waals surface area contributed by atoms with E-state index >= 15 is 0 Å². The molecule has 0 aromatic heterocycles. The van der Waals surface area contributed by atoms with Crippen LogP contribution in [0.1, 0.15) is 24.4 Å². The summed E-state index contributed by atoms with van der Waals surface area (Å²) in [6, 6.07) is 4.51. The summed E-state index contributed by atoms with van der Waals surface area (Å²) in [4.78, 5) is 2.55. The average Bonchev–Trinajstić information content (AvgIpc) is 2.54. The van der Waals surface area contributed by atoms with E-state index in [1.54, 1.807) is 0 Å². The molecule has 0 bridgehead atoms. The number of nitrogens with one attached hydrogen (secondary N) is 1. The van der Waals surface area contributed by atoms with Crippen molar-refractivity contribution in [1.82, 2.24) is 10.2 Å². The lowest BCUT2D eigenvalue weighted by molar-refractivity contribution is 0.0206. The molecule has 1 aromatic rings. The van der Waals surface area contributed by atoms with Crippen molar-refractivity contribution < 1.29 is 9.84 Å². The molecule has 6 heteroatoms. The van der Waals surface area contributed by atoms with Crippen molar-refractivity contribution in [2.75, 3.05) is 39.4 Å². The van der Waals surface area contributed by atoms with Gasteiger partial charge in [-0.3, -0.25) is 4.90 Å². The molecule has 2 N–H and O–H groups in total. The standard InChI is InChI=1S/C16H22I2N2O2/c17-12-9-13(16(21)14(18)10-12)15(11-1-7-22-8-2-11)20-5-3-19-4-6-20/h9-11,15,19,21H,1-8H2/t15-/m0/s1. The minimum Gasteiger partial charge on any atom is -0.506 e. The van der Waals surface area contributed by atoms with Gasteiger partial charge in [-0.05, 0) is 76.1 Å². The average molecular weight is 528 g/mol. The fourth-order valence-electron chi connectivity index (χ4n) is 3.55. The molecule has 22 heavy (non-hydrogen) atoms. The largest absolute Gasteiger partial charge is 0.506 e. The highest BCUT2D eigenvalue weighted by Crippen LogP contribution is 2.41. The molecule has 0 saturated carbocycles. The molecule has 122 valence electrons. The summed E-state index contributed by atoms with van der Waals surface area (Å²) in [5, 5.41) is 14.1. The van der Waals surface area contributed by atoms with Crippen LogP contribution in [0, 0.1) is 13.1 Å². The van der Waals surface area contributed by atoms with Crippen LogP contribution in [0.2, 0.25) is 0 Å². The van der Waals surface area contributed by atoms with Gasteiger partial charge in [-0.15, -0.1) is 0 Å². The van der Waals surface area contributed by atoms with Gasteiger partial charge in [-0.1, -0.05) is 0 Å². The molecule has 0 spiro atoms. The first kappa shape index (κ1) is 17.2. The van der Waals surface area contributed by atoms with E-state index in [9.17, 15) is 5.11 Å². The maximum absolute atomic E-state index is 10.7. The summed E-state index contributed by atoms with van der Waals surface area (Å²) >= 11 is 4.59. The van der Waals surface area contributed by atoms with Crippen LogP contribution in [0.4, 0.5) is 0 Å². The molecule has 3 rings (SSSR count). The van der Waals surface area contributed by atoms with Crippen molar-refractivity contribution in [3.05, 3.63) is 24.8 Å². The Morgan fingerprint density at radius 2 is 1.86 bits per heavy atom. The molecule has 2 fully saturated rings. The number of nitrogens with zero attached hydrogens (tertiary/aromatic N) is 1. The van der Waals surface area contributed by atoms with Crippen LogP contribution in [0.15, 0.2) is 12.1 Å². The second-order valence-electron chi connectivity index (χ2n) is 6.01. The summed E-state index contributed by atoms with van der Waals surface area (Å²) in [5.41, 5.74) is 1.10. The van der Waals surface area contributed by atoms with Crippen molar-refractivity contribution in [2.24, 2.45) is 5.92 Å². The Labute approximate surface area is 159 Å². The van der Waals surface area contributed by atoms with Crippen molar-refractivity contribution in [2.45, 2.75) is 18.9 Å². The normalized spacial score (nSPS) is 22.6. The van der Waals surface area contributed by atoms with Gasteiger partial charge in [-0.25, -0.2) is 0 Å². The number of hydrogen-bond donors (Lipinski definition) is 2. The highest BCUT2D eigenvalue weighted by Gasteiger charge is 2.33. The van der Waals surface area contributed by atoms with Gasteiger partial charge >= 0.3 is 0 Å². The number of phenolic OH excluding ortho intramolecular Hbond substituents is 1. The number of hydrogen-bond acceptors (Lipinski definition) is 4. The van der Waals surface area contributed by atoms with E-state index in [1.807, 2.05) is 6.07 Å². The predicted molar refractivity (Wildman–Crippen MR) is 104 cm³/mol. The van der Waals surface area contributed by atoms with Crippen molar-refractivity contribution in [3.63, 3.8) is 0 Å². The maximum atomic E-state index is 10.7. The molecule has 1 atom stereocenters. The quantitative estimate of drug-likeness (QED) is 0.593. The molecular weight excluding hydrogens is 506 g/mol. The lowest BCUT2D eigenvalue weighted by Gasteiger charge is -2.41. The van der Waals surface area contributed by atoms with Gasteiger partial charge < -0.3 is 15.2 Å². The van der Waals surface area contributed by atoms with Gasteiger partial charge in [0.05, 0.1) is 3.57 Å². The summed E-state index contributed by atoms with van der Waals surface area (Å²) in [6.45, 7) is 5.83. The van der Waals surface area contributed by atoms with E-state index in [2.05, 4.69) is 61.5 Å². The first-order valence-corrected chi connectivity index (χ1v) is 10.0. The monoisotopic (exact) mass is 528 g/mol. The zero-order valence-electron chi connectivity index (χ0n) is 12.5. The van der Waals surface area contributed by atoms with E-state index in [-0.39, 0.29) is 0 Å². The summed E-state index contributed by atoms with van der Waals surface area (Å²) < 4.78 is 7.70. The molecule has 2 aliphatic rings. The van der Waals surface area contributed by atoms with Crippen LogP contribution >= 0.6 is 45.2 Å². The Morgan fingerprint density at radius 3 is 2.55 bits per heavy atom. The van der Waals surface area contributed by atoms with Gasteiger partial charge in [0.15, 0.2) is 0 Å². The Hall–Kier alpha value is 0.360. The molecule has 0 unspecified atom stereocenters. The van der Waals surface area contributed by atoms with E-state index < -0.39 is 0 Å². The maximum Gasteiger partial charge on any atom is 0.133 e. The van der Waals surface area contributed by atoms with Gasteiger partial charge in [0.2, 0.25) is 0 Å². The predicted octanol–water partition coefficient (Wildman–Crippen LogP) is 2.97. The second kappa shape index (κ2) is 7.96. The van der Waals surface area contributed by atoms with E-state index in [4.69, 9.17) is 4.74 Å². The number of benzene rings is 1. The van der Waals surface area contributed by atoms with Crippen LogP contribution < -0.4 is 5.32 Å². The van der Waals surface area contributed by atoms with E-state index in [0.717, 1.165) is 61.4 Å². The molecule has 1 aromatic carbocycles. The highest BCUT2D eigenvalue weighted by molar-refractivity contribution is 14.1. The Morgan fingerprint density at radius 1 is 1.18 bits per heavy atom. The van der Waals surface area contributed by atoms with E-state index in [0.29, 0.717) is 17.7 Å². The molecule has 2 saturated heterocycles. The number of halogens is 2. The molecular formula is C16H22I2N2O2. The molecule has 0 radical (unpaired) electrons. The summed E-state index contributed by atoms with van der Waals surface area (Å²) in [5.74, 6) is 1.03. The molecule has 2 heterocycles. The number of aromatic hydroxyl groups is 1. The lowest BCUT2D eigenvalue weighted by Crippen LogP contribution is -2.47. The Balaban J connectivity index is 1.96. The minimum absolute atomic E-state index is 0.300. The van der Waals surface area contributed by atoms with Crippen molar-refractivity contribution in [1.29, 1.82) is 0 Å². The van der Waals surface area contributed by atoms with Crippen LogP contribution in [-0.4, -0.2) is 49.4 Å². The van der Waals surface area contributed by atoms with E-state index in [1.165, 1.54) is 3.57 Å². The van der Waals surface area contributed by atoms with Gasteiger partial charge in [0.25, 0.3) is 0 Å². The second-order valence-corrected chi connectivity index (χ2v) is 8.41. The van der Waals surface area contributed by atoms with Crippen LogP contribution in [0.3, 0.4) is 0 Å². The minimum atomic E-state index is 0.300. The third-order valence-corrected chi connectivity index (χ3v) is 6.08. The number of rotatable bonds is 3. The SMILES string of the molecule is Oc1c(I)cc(I)cc1[C@H](C1CCOCC1)N1CCNCC1. The first-order valence-electron chi connectivity index (χ1n) is 7.87. The van der Waals surface area contributed by atoms with Gasteiger partial charge in [-0.2, -0.15) is 0 Å². The Kier molecular flexibility index (Phi) is 6.22. The van der Waals surface area contributed by atoms with Crippen LogP contribution in [0.25, 0.3) is 0 Å². The molecule has 2 aliphatic heterocycles. The zero-order chi connectivity index (χ0) is 15.5. The van der Waals surface area contributed by atoms with Gasteiger partial charge in [0, 0.05) is 54.6 Å². The molecule has 4 nitrogen and oxygen atoms in total. The Bertz CT molecular complexity index is 497. The summed E-state index contributed by atoms with van der Waals surface area (Å²) in [6.07, 6.45) is 2.16. The number of phenols is 1. The number of piperazine rings is 1.